The van der Waals surface area contributed by atoms with Gasteiger partial charge in [-0.2, -0.15) is 0 Å². The Bertz CT molecular complexity index is 1610. The van der Waals surface area contributed by atoms with Crippen molar-refractivity contribution < 1.29 is 29.6 Å². The number of ether oxygens (including phenoxy) is 1. The van der Waals surface area contributed by atoms with Crippen molar-refractivity contribution in [1.82, 2.24) is 10.6 Å². The van der Waals surface area contributed by atoms with Crippen molar-refractivity contribution in [3.05, 3.63) is 131 Å². The lowest BCUT2D eigenvalue weighted by molar-refractivity contribution is 0.0421. The molecule has 0 aliphatic heterocycles. The summed E-state index contributed by atoms with van der Waals surface area (Å²) in [5, 5.41) is 36.0. The van der Waals surface area contributed by atoms with Crippen molar-refractivity contribution in [2.75, 3.05) is 6.61 Å². The number of nitrogens with one attached hydrogen (secondary N) is 2. The minimum Gasteiger partial charge on any atom is -0.465 e. The Balaban J connectivity index is 1.30. The molecule has 0 aromatic heterocycles. The number of amides is 2. The van der Waals surface area contributed by atoms with Gasteiger partial charge in [0.25, 0.3) is 0 Å². The molecule has 0 heterocycles. The highest BCUT2D eigenvalue weighted by Crippen LogP contribution is 2.45. The molecule has 9 heteroatoms. The highest BCUT2D eigenvalue weighted by molar-refractivity contribution is 5.80. The minimum absolute atomic E-state index is 0.00559. The molecule has 5 unspecified atom stereocenters. The Labute approximate surface area is 262 Å². The second kappa shape index (κ2) is 13.9. The van der Waals surface area contributed by atoms with Gasteiger partial charge in [0.05, 0.1) is 12.2 Å². The average Bonchev–Trinajstić information content (AvgIpc) is 3.33. The van der Waals surface area contributed by atoms with Crippen LogP contribution in [0.1, 0.15) is 40.7 Å². The molecule has 0 spiro atoms. The Morgan fingerprint density at radius 1 is 0.800 bits per heavy atom. The quantitative estimate of drug-likeness (QED) is 0.129. The number of alkyl carbamates (subject to hydrolysis) is 1. The summed E-state index contributed by atoms with van der Waals surface area (Å²) in [6.45, 7) is 1.40. The highest BCUT2D eigenvalue weighted by atomic mass is 16.5. The van der Waals surface area contributed by atoms with Crippen LogP contribution in [-0.2, 0) is 24.0 Å². The Morgan fingerprint density at radius 2 is 1.42 bits per heavy atom. The summed E-state index contributed by atoms with van der Waals surface area (Å²) in [5.41, 5.74) is 11.4. The van der Waals surface area contributed by atoms with E-state index in [0.717, 1.165) is 33.4 Å². The predicted molar refractivity (Wildman–Crippen MR) is 172 cm³/mol. The third kappa shape index (κ3) is 7.51. The zero-order valence-corrected chi connectivity index (χ0v) is 25.1. The summed E-state index contributed by atoms with van der Waals surface area (Å²) in [5.74, 6) is -0.260. The van der Waals surface area contributed by atoms with E-state index in [1.807, 2.05) is 72.8 Å². The first-order valence-electron chi connectivity index (χ1n) is 15.0. The summed E-state index contributed by atoms with van der Waals surface area (Å²) in [6.07, 6.45) is -3.29. The number of hydrogen-bond acceptors (Lipinski definition) is 6. The topological polar surface area (TPSA) is 154 Å². The molecule has 5 rings (SSSR count). The molecular formula is C36H39N3O6. The Kier molecular flexibility index (Phi) is 9.83. The maximum atomic E-state index is 13.2. The number of nitrogens with two attached hydrogens (primary N) is 1. The SMILES string of the molecule is CC(O)C(Cc1ccccc1)(NC(=O)O)NC(=O)OCC1c2ccccc2-c2cc(CC(O)C(N)Cc3ccccc3)ccc21. The maximum absolute atomic E-state index is 13.2. The van der Waals surface area contributed by atoms with Crippen molar-refractivity contribution >= 4 is 12.2 Å². The van der Waals surface area contributed by atoms with Gasteiger partial charge in [0.15, 0.2) is 0 Å². The second-order valence-electron chi connectivity index (χ2n) is 11.6. The minimum atomic E-state index is -1.72. The third-order valence-electron chi connectivity index (χ3n) is 8.45. The van der Waals surface area contributed by atoms with E-state index in [0.29, 0.717) is 18.4 Å². The first-order valence-corrected chi connectivity index (χ1v) is 15.0. The Hall–Kier alpha value is -4.70. The number of aliphatic hydroxyl groups is 2. The molecule has 234 valence electrons. The number of fused-ring (bicyclic) bond motifs is 3. The lowest BCUT2D eigenvalue weighted by atomic mass is 9.93. The van der Waals surface area contributed by atoms with Crippen molar-refractivity contribution in [3.8, 4) is 11.1 Å². The number of hydrogen-bond donors (Lipinski definition) is 6. The molecule has 1 aliphatic rings. The van der Waals surface area contributed by atoms with E-state index < -0.39 is 36.1 Å². The van der Waals surface area contributed by atoms with Crippen LogP contribution in [0.15, 0.2) is 103 Å². The van der Waals surface area contributed by atoms with Crippen LogP contribution in [0.3, 0.4) is 0 Å². The van der Waals surface area contributed by atoms with Crippen LogP contribution < -0.4 is 16.4 Å². The Morgan fingerprint density at radius 3 is 2.09 bits per heavy atom. The van der Waals surface area contributed by atoms with E-state index in [1.54, 1.807) is 24.3 Å². The summed E-state index contributed by atoms with van der Waals surface area (Å²) < 4.78 is 5.70. The molecule has 4 aromatic rings. The van der Waals surface area contributed by atoms with Crippen LogP contribution >= 0.6 is 0 Å². The van der Waals surface area contributed by atoms with Crippen LogP contribution in [0.5, 0.6) is 0 Å². The second-order valence-corrected chi connectivity index (χ2v) is 11.6. The van der Waals surface area contributed by atoms with Gasteiger partial charge < -0.3 is 25.8 Å². The summed E-state index contributed by atoms with van der Waals surface area (Å²) in [7, 11) is 0. The molecule has 1 aliphatic carbocycles. The largest absolute Gasteiger partial charge is 0.465 e. The average molecular weight is 610 g/mol. The van der Waals surface area contributed by atoms with E-state index >= 15 is 0 Å². The fourth-order valence-corrected chi connectivity index (χ4v) is 6.04. The van der Waals surface area contributed by atoms with Crippen molar-refractivity contribution in [1.29, 1.82) is 0 Å². The molecule has 0 fully saturated rings. The van der Waals surface area contributed by atoms with Gasteiger partial charge in [-0.1, -0.05) is 103 Å². The van der Waals surface area contributed by atoms with E-state index in [1.165, 1.54) is 6.92 Å². The van der Waals surface area contributed by atoms with Crippen LogP contribution in [0.4, 0.5) is 9.59 Å². The smallest absolute Gasteiger partial charge is 0.409 e. The molecular weight excluding hydrogens is 570 g/mol. The molecule has 0 bridgehead atoms. The van der Waals surface area contributed by atoms with Crippen molar-refractivity contribution in [2.24, 2.45) is 5.73 Å². The van der Waals surface area contributed by atoms with Crippen LogP contribution in [-0.4, -0.2) is 58.0 Å². The fraction of sp³-hybridized carbons (Fsp3) is 0.278. The summed E-state index contributed by atoms with van der Waals surface area (Å²) >= 11 is 0. The number of carboxylic acid groups (broad SMARTS) is 1. The van der Waals surface area contributed by atoms with Crippen LogP contribution in [0, 0.1) is 0 Å². The zero-order valence-electron chi connectivity index (χ0n) is 25.1. The van der Waals surface area contributed by atoms with Gasteiger partial charge in [-0.05, 0) is 58.7 Å². The molecule has 4 aromatic carbocycles. The van der Waals surface area contributed by atoms with E-state index in [4.69, 9.17) is 10.5 Å². The lowest BCUT2D eigenvalue weighted by Gasteiger charge is -2.37. The highest BCUT2D eigenvalue weighted by Gasteiger charge is 2.40. The molecule has 7 N–H and O–H groups in total. The molecule has 9 nitrogen and oxygen atoms in total. The van der Waals surface area contributed by atoms with Gasteiger partial charge in [0.2, 0.25) is 0 Å². The lowest BCUT2D eigenvalue weighted by Crippen LogP contribution is -2.67. The number of carbonyl (C=O) groups is 2. The van der Waals surface area contributed by atoms with Crippen molar-refractivity contribution in [3.63, 3.8) is 0 Å². The van der Waals surface area contributed by atoms with Gasteiger partial charge in [0, 0.05) is 18.4 Å². The van der Waals surface area contributed by atoms with Crippen LogP contribution in [0.2, 0.25) is 0 Å². The monoisotopic (exact) mass is 609 g/mol. The molecule has 2 amide bonds. The first kappa shape index (κ1) is 31.7. The van der Waals surface area contributed by atoms with Gasteiger partial charge in [-0.3, -0.25) is 10.6 Å². The number of aliphatic hydroxyl groups excluding tert-OH is 2. The zero-order chi connectivity index (χ0) is 32.0. The normalized spacial score (nSPS) is 16.8. The predicted octanol–water partition coefficient (Wildman–Crippen LogP) is 4.59. The summed E-state index contributed by atoms with van der Waals surface area (Å²) in [4.78, 5) is 24.9. The van der Waals surface area contributed by atoms with E-state index in [-0.39, 0.29) is 18.9 Å². The number of rotatable bonds is 12. The molecule has 45 heavy (non-hydrogen) atoms. The van der Waals surface area contributed by atoms with Gasteiger partial charge in [-0.25, -0.2) is 9.59 Å². The maximum Gasteiger partial charge on any atom is 0.409 e. The standard InChI is InChI=1S/C36H39N3O6/c1-23(40)36(38-34(42)43,21-25-12-6-3-7-13-25)39-35(44)45-22-31-28-15-9-8-14-27(28)30-18-26(16-17-29(30)31)20-33(41)32(37)19-24-10-4-2-5-11-24/h2-18,23,31-33,38,40-41H,19-22,37H2,1H3,(H,39,44)(H,42,43). The van der Waals surface area contributed by atoms with E-state index in [2.05, 4.69) is 16.7 Å². The first-order chi connectivity index (χ1) is 21.6. The van der Waals surface area contributed by atoms with Gasteiger partial charge in [0.1, 0.15) is 12.3 Å². The number of carbonyl (C=O) groups excluding carboxylic acids is 1. The fourth-order valence-electron chi connectivity index (χ4n) is 6.04. The van der Waals surface area contributed by atoms with Gasteiger partial charge >= 0.3 is 12.2 Å². The van der Waals surface area contributed by atoms with Crippen LogP contribution in [0.25, 0.3) is 11.1 Å². The number of benzene rings is 4. The molecule has 0 saturated heterocycles. The third-order valence-corrected chi connectivity index (χ3v) is 8.45. The molecule has 5 atom stereocenters. The molecule has 0 saturated carbocycles. The van der Waals surface area contributed by atoms with E-state index in [9.17, 15) is 24.9 Å². The summed E-state index contributed by atoms with van der Waals surface area (Å²) in [6, 6.07) is 32.3. The molecule has 0 radical (unpaired) electrons. The van der Waals surface area contributed by atoms with Gasteiger partial charge in [-0.15, -0.1) is 0 Å². The van der Waals surface area contributed by atoms with Crippen molar-refractivity contribution in [2.45, 2.75) is 56.0 Å².